The highest BCUT2D eigenvalue weighted by atomic mass is 16.6. The van der Waals surface area contributed by atoms with Gasteiger partial charge < -0.3 is 9.47 Å². The Balaban J connectivity index is 2.86. The van der Waals surface area contributed by atoms with Gasteiger partial charge in [0.2, 0.25) is 6.10 Å². The molecular weight excluding hydrogens is 256 g/mol. The standard InChI is InChI=1S/C16H28O4/c1-7-11(2)16(6,10-15(3,4)5)14(18)20-12-8-9-19-13(12)17/h11-12H,7-10H2,1-6H3. The predicted molar refractivity (Wildman–Crippen MR) is 77.1 cm³/mol. The summed E-state index contributed by atoms with van der Waals surface area (Å²) < 4.78 is 10.3. The molecule has 3 atom stereocenters. The van der Waals surface area contributed by atoms with E-state index in [-0.39, 0.29) is 17.3 Å². The first kappa shape index (κ1) is 17.0. The molecule has 0 spiro atoms. The highest BCUT2D eigenvalue weighted by Crippen LogP contribution is 2.42. The van der Waals surface area contributed by atoms with E-state index in [1.165, 1.54) is 0 Å². The van der Waals surface area contributed by atoms with Gasteiger partial charge in [-0.2, -0.15) is 0 Å². The molecule has 20 heavy (non-hydrogen) atoms. The van der Waals surface area contributed by atoms with E-state index >= 15 is 0 Å². The number of hydrogen-bond acceptors (Lipinski definition) is 4. The molecule has 0 aliphatic carbocycles. The summed E-state index contributed by atoms with van der Waals surface area (Å²) in [5, 5.41) is 0. The van der Waals surface area contributed by atoms with Crippen molar-refractivity contribution in [3.8, 4) is 0 Å². The summed E-state index contributed by atoms with van der Waals surface area (Å²) in [5.41, 5.74) is -0.552. The molecule has 1 heterocycles. The lowest BCUT2D eigenvalue weighted by Gasteiger charge is -2.38. The molecule has 116 valence electrons. The van der Waals surface area contributed by atoms with Crippen LogP contribution in [0.15, 0.2) is 0 Å². The van der Waals surface area contributed by atoms with Crippen molar-refractivity contribution in [2.75, 3.05) is 6.61 Å². The summed E-state index contributed by atoms with van der Waals surface area (Å²) in [6.07, 6.45) is 1.38. The average Bonchev–Trinajstić information content (AvgIpc) is 2.71. The summed E-state index contributed by atoms with van der Waals surface area (Å²) >= 11 is 0. The van der Waals surface area contributed by atoms with Crippen molar-refractivity contribution in [1.82, 2.24) is 0 Å². The van der Waals surface area contributed by atoms with Gasteiger partial charge in [0, 0.05) is 6.42 Å². The fraction of sp³-hybridized carbons (Fsp3) is 0.875. The van der Waals surface area contributed by atoms with Gasteiger partial charge in [0.25, 0.3) is 0 Å². The maximum Gasteiger partial charge on any atom is 0.347 e. The van der Waals surface area contributed by atoms with Crippen molar-refractivity contribution in [3.63, 3.8) is 0 Å². The van der Waals surface area contributed by atoms with E-state index in [0.29, 0.717) is 13.0 Å². The van der Waals surface area contributed by atoms with Gasteiger partial charge >= 0.3 is 11.9 Å². The number of rotatable bonds is 5. The molecule has 1 rings (SSSR count). The van der Waals surface area contributed by atoms with Crippen molar-refractivity contribution in [3.05, 3.63) is 0 Å². The second-order valence-corrected chi connectivity index (χ2v) is 7.31. The number of ether oxygens (including phenoxy) is 2. The second kappa shape index (κ2) is 6.15. The van der Waals surface area contributed by atoms with E-state index in [0.717, 1.165) is 12.8 Å². The number of cyclic esters (lactones) is 1. The molecule has 0 radical (unpaired) electrons. The lowest BCUT2D eigenvalue weighted by molar-refractivity contribution is -0.172. The maximum absolute atomic E-state index is 12.6. The largest absolute Gasteiger partial charge is 0.463 e. The molecule has 0 N–H and O–H groups in total. The maximum atomic E-state index is 12.6. The second-order valence-electron chi connectivity index (χ2n) is 7.31. The Kier molecular flexibility index (Phi) is 5.22. The number of carbonyl (C=O) groups is 2. The fourth-order valence-electron chi connectivity index (χ4n) is 2.85. The third-order valence-corrected chi connectivity index (χ3v) is 4.20. The Bertz CT molecular complexity index is 369. The molecular formula is C16H28O4. The Hall–Kier alpha value is -1.06. The van der Waals surface area contributed by atoms with Crippen LogP contribution in [-0.2, 0) is 19.1 Å². The van der Waals surface area contributed by atoms with Gasteiger partial charge in [-0.3, -0.25) is 4.79 Å². The van der Waals surface area contributed by atoms with Crippen LogP contribution in [0.1, 0.15) is 60.8 Å². The highest BCUT2D eigenvalue weighted by Gasteiger charge is 2.44. The molecule has 4 heteroatoms. The average molecular weight is 284 g/mol. The number of esters is 2. The van der Waals surface area contributed by atoms with Crippen LogP contribution >= 0.6 is 0 Å². The van der Waals surface area contributed by atoms with Crippen molar-refractivity contribution in [2.45, 2.75) is 66.9 Å². The predicted octanol–water partition coefficient (Wildman–Crippen LogP) is 3.33. The van der Waals surface area contributed by atoms with E-state index < -0.39 is 17.5 Å². The minimum atomic E-state index is -0.717. The topological polar surface area (TPSA) is 52.6 Å². The Morgan fingerprint density at radius 3 is 2.40 bits per heavy atom. The van der Waals surface area contributed by atoms with Crippen LogP contribution in [0.2, 0.25) is 0 Å². The first-order chi connectivity index (χ1) is 9.10. The van der Waals surface area contributed by atoms with Gasteiger partial charge in [-0.1, -0.05) is 41.0 Å². The lowest BCUT2D eigenvalue weighted by atomic mass is 9.67. The molecule has 0 aromatic rings. The van der Waals surface area contributed by atoms with E-state index in [4.69, 9.17) is 9.47 Å². The zero-order chi connectivity index (χ0) is 15.6. The Morgan fingerprint density at radius 2 is 2.00 bits per heavy atom. The molecule has 0 amide bonds. The van der Waals surface area contributed by atoms with Gasteiger partial charge in [0.1, 0.15) is 0 Å². The molecule has 0 bridgehead atoms. The molecule has 4 nitrogen and oxygen atoms in total. The van der Waals surface area contributed by atoms with Crippen molar-refractivity contribution in [1.29, 1.82) is 0 Å². The monoisotopic (exact) mass is 284 g/mol. The summed E-state index contributed by atoms with van der Waals surface area (Å²) in [4.78, 5) is 24.1. The van der Waals surface area contributed by atoms with E-state index in [1.807, 2.05) is 6.92 Å². The smallest absolute Gasteiger partial charge is 0.347 e. The number of hydrogen-bond donors (Lipinski definition) is 0. The highest BCUT2D eigenvalue weighted by molar-refractivity contribution is 5.83. The van der Waals surface area contributed by atoms with Crippen molar-refractivity contribution in [2.24, 2.45) is 16.7 Å². The quantitative estimate of drug-likeness (QED) is 0.727. The molecule has 3 unspecified atom stereocenters. The lowest BCUT2D eigenvalue weighted by Crippen LogP contribution is -2.41. The zero-order valence-corrected chi connectivity index (χ0v) is 13.6. The third-order valence-electron chi connectivity index (χ3n) is 4.20. The molecule has 0 aromatic carbocycles. The molecule has 1 fully saturated rings. The van der Waals surface area contributed by atoms with Crippen LogP contribution in [0.3, 0.4) is 0 Å². The van der Waals surface area contributed by atoms with Gasteiger partial charge in [-0.25, -0.2) is 4.79 Å². The Morgan fingerprint density at radius 1 is 1.40 bits per heavy atom. The third kappa shape index (κ3) is 3.97. The molecule has 1 aliphatic heterocycles. The van der Waals surface area contributed by atoms with Crippen LogP contribution in [-0.4, -0.2) is 24.6 Å². The van der Waals surface area contributed by atoms with Crippen LogP contribution in [0.25, 0.3) is 0 Å². The summed E-state index contributed by atoms with van der Waals surface area (Å²) in [6, 6.07) is 0. The first-order valence-electron chi connectivity index (χ1n) is 7.48. The molecule has 1 saturated heterocycles. The Labute approximate surface area is 122 Å². The molecule has 1 aliphatic rings. The SMILES string of the molecule is CCC(C)C(C)(CC(C)(C)C)C(=O)OC1CCOC1=O. The summed E-state index contributed by atoms with van der Waals surface area (Å²) in [6.45, 7) is 12.8. The van der Waals surface area contributed by atoms with E-state index in [9.17, 15) is 9.59 Å². The number of carbonyl (C=O) groups excluding carboxylic acids is 2. The minimum Gasteiger partial charge on any atom is -0.463 e. The normalized spacial score (nSPS) is 23.9. The van der Waals surface area contributed by atoms with E-state index in [1.54, 1.807) is 0 Å². The van der Waals surface area contributed by atoms with Crippen LogP contribution in [0, 0.1) is 16.7 Å². The van der Waals surface area contributed by atoms with Gasteiger partial charge in [-0.15, -0.1) is 0 Å². The fourth-order valence-corrected chi connectivity index (χ4v) is 2.85. The molecule has 0 aromatic heterocycles. The van der Waals surface area contributed by atoms with Gasteiger partial charge in [0.05, 0.1) is 12.0 Å². The van der Waals surface area contributed by atoms with Crippen LogP contribution in [0.4, 0.5) is 0 Å². The zero-order valence-electron chi connectivity index (χ0n) is 13.6. The van der Waals surface area contributed by atoms with Crippen LogP contribution in [0.5, 0.6) is 0 Å². The summed E-state index contributed by atoms with van der Waals surface area (Å²) in [5.74, 6) is -0.488. The minimum absolute atomic E-state index is 0.0212. The van der Waals surface area contributed by atoms with Gasteiger partial charge in [0.15, 0.2) is 0 Å². The van der Waals surface area contributed by atoms with Gasteiger partial charge in [-0.05, 0) is 24.7 Å². The van der Waals surface area contributed by atoms with E-state index in [2.05, 4.69) is 34.6 Å². The summed E-state index contributed by atoms with van der Waals surface area (Å²) in [7, 11) is 0. The van der Waals surface area contributed by atoms with Crippen molar-refractivity contribution < 1.29 is 19.1 Å². The molecule has 0 saturated carbocycles. The first-order valence-corrected chi connectivity index (χ1v) is 7.48. The van der Waals surface area contributed by atoms with Crippen molar-refractivity contribution >= 4 is 11.9 Å². The van der Waals surface area contributed by atoms with Crippen LogP contribution < -0.4 is 0 Å².